The number of aromatic carboxylic acids is 1. The maximum absolute atomic E-state index is 11.0. The van der Waals surface area contributed by atoms with Gasteiger partial charge in [0.2, 0.25) is 0 Å². The SMILES string of the molecule is Cc1csc(C(C)Nc2cc(C(=O)O)c(Cl)cn2)n1. The summed E-state index contributed by atoms with van der Waals surface area (Å²) < 4.78 is 0. The lowest BCUT2D eigenvalue weighted by molar-refractivity contribution is 0.0697. The van der Waals surface area contributed by atoms with E-state index in [2.05, 4.69) is 15.3 Å². The van der Waals surface area contributed by atoms with Gasteiger partial charge in [-0.15, -0.1) is 11.3 Å². The maximum Gasteiger partial charge on any atom is 0.337 e. The molecular weight excluding hydrogens is 286 g/mol. The van der Waals surface area contributed by atoms with Gasteiger partial charge in [0.05, 0.1) is 16.6 Å². The first-order valence-corrected chi connectivity index (χ1v) is 6.80. The van der Waals surface area contributed by atoms with Crippen LogP contribution in [0.3, 0.4) is 0 Å². The smallest absolute Gasteiger partial charge is 0.337 e. The highest BCUT2D eigenvalue weighted by molar-refractivity contribution is 7.09. The molecule has 0 spiro atoms. The van der Waals surface area contributed by atoms with E-state index >= 15 is 0 Å². The number of carbonyl (C=O) groups is 1. The number of carboxylic acids is 1. The van der Waals surface area contributed by atoms with E-state index in [-0.39, 0.29) is 16.6 Å². The lowest BCUT2D eigenvalue weighted by atomic mass is 10.2. The fourth-order valence-corrected chi connectivity index (χ4v) is 2.52. The van der Waals surface area contributed by atoms with Crippen LogP contribution in [0.2, 0.25) is 5.02 Å². The van der Waals surface area contributed by atoms with Crippen LogP contribution in [0.5, 0.6) is 0 Å². The molecule has 0 saturated heterocycles. The van der Waals surface area contributed by atoms with Crippen molar-refractivity contribution in [2.24, 2.45) is 0 Å². The molecule has 0 radical (unpaired) electrons. The van der Waals surface area contributed by atoms with Crippen LogP contribution in [-0.4, -0.2) is 21.0 Å². The molecule has 0 amide bonds. The molecule has 7 heteroatoms. The molecule has 100 valence electrons. The number of pyridine rings is 1. The van der Waals surface area contributed by atoms with Crippen LogP contribution in [0.1, 0.15) is 34.0 Å². The van der Waals surface area contributed by atoms with E-state index < -0.39 is 5.97 Å². The van der Waals surface area contributed by atoms with Gasteiger partial charge in [0.15, 0.2) is 0 Å². The van der Waals surface area contributed by atoms with E-state index in [4.69, 9.17) is 16.7 Å². The second-order valence-corrected chi connectivity index (χ2v) is 5.34. The summed E-state index contributed by atoms with van der Waals surface area (Å²) in [6.07, 6.45) is 1.33. The molecule has 2 N–H and O–H groups in total. The minimum Gasteiger partial charge on any atom is -0.478 e. The van der Waals surface area contributed by atoms with Crippen LogP contribution in [0.25, 0.3) is 0 Å². The number of hydrogen-bond donors (Lipinski definition) is 2. The molecule has 2 aromatic rings. The van der Waals surface area contributed by atoms with E-state index in [0.717, 1.165) is 10.7 Å². The van der Waals surface area contributed by atoms with Crippen molar-refractivity contribution in [2.75, 3.05) is 5.32 Å². The van der Waals surface area contributed by atoms with Crippen molar-refractivity contribution in [2.45, 2.75) is 19.9 Å². The highest BCUT2D eigenvalue weighted by Gasteiger charge is 2.13. The third kappa shape index (κ3) is 3.21. The summed E-state index contributed by atoms with van der Waals surface area (Å²) in [5.41, 5.74) is 0.991. The third-order valence-corrected chi connectivity index (χ3v) is 3.90. The molecule has 2 rings (SSSR count). The Hall–Kier alpha value is -1.66. The minimum absolute atomic E-state index is 0.0293. The maximum atomic E-state index is 11.0. The van der Waals surface area contributed by atoms with Crippen molar-refractivity contribution in [3.05, 3.63) is 38.9 Å². The summed E-state index contributed by atoms with van der Waals surface area (Å²) >= 11 is 7.31. The minimum atomic E-state index is -1.08. The van der Waals surface area contributed by atoms with Crippen molar-refractivity contribution in [1.82, 2.24) is 9.97 Å². The van der Waals surface area contributed by atoms with Crippen LogP contribution in [-0.2, 0) is 0 Å². The zero-order valence-corrected chi connectivity index (χ0v) is 11.9. The number of carboxylic acid groups (broad SMARTS) is 1. The number of hydrogen-bond acceptors (Lipinski definition) is 5. The molecule has 1 atom stereocenters. The highest BCUT2D eigenvalue weighted by Crippen LogP contribution is 2.23. The molecule has 0 aliphatic heterocycles. The number of halogens is 1. The Balaban J connectivity index is 2.19. The molecule has 5 nitrogen and oxygen atoms in total. The first-order chi connectivity index (χ1) is 8.97. The van der Waals surface area contributed by atoms with Gasteiger partial charge in [-0.1, -0.05) is 11.6 Å². The molecule has 0 fully saturated rings. The van der Waals surface area contributed by atoms with Crippen LogP contribution in [0.4, 0.5) is 5.82 Å². The van der Waals surface area contributed by atoms with Gasteiger partial charge >= 0.3 is 5.97 Å². The molecule has 0 saturated carbocycles. The standard InChI is InChI=1S/C12H12ClN3O2S/c1-6-5-19-11(15-6)7(2)16-10-3-8(12(17)18)9(13)4-14-10/h3-5,7H,1-2H3,(H,14,16)(H,17,18). The molecule has 0 aromatic carbocycles. The number of aryl methyl sites for hydroxylation is 1. The Morgan fingerprint density at radius 3 is 2.89 bits per heavy atom. The molecule has 0 aliphatic carbocycles. The molecule has 0 bridgehead atoms. The predicted octanol–water partition coefficient (Wildman–Crippen LogP) is 3.37. The van der Waals surface area contributed by atoms with Crippen molar-refractivity contribution in [1.29, 1.82) is 0 Å². The van der Waals surface area contributed by atoms with Crippen LogP contribution < -0.4 is 5.32 Å². The number of nitrogens with zero attached hydrogens (tertiary/aromatic N) is 2. The average molecular weight is 298 g/mol. The lowest BCUT2D eigenvalue weighted by Crippen LogP contribution is -2.09. The van der Waals surface area contributed by atoms with E-state index in [9.17, 15) is 4.79 Å². The molecular formula is C12H12ClN3O2S. The van der Waals surface area contributed by atoms with Gasteiger partial charge in [-0.05, 0) is 19.9 Å². The number of anilines is 1. The Kier molecular flexibility index (Phi) is 4.01. The van der Waals surface area contributed by atoms with Gasteiger partial charge in [-0.3, -0.25) is 0 Å². The summed E-state index contributed by atoms with van der Waals surface area (Å²) in [6.45, 7) is 3.87. The number of aromatic nitrogens is 2. The normalized spacial score (nSPS) is 12.2. The van der Waals surface area contributed by atoms with Crippen LogP contribution in [0, 0.1) is 6.92 Å². The number of thiazole rings is 1. The Morgan fingerprint density at radius 1 is 1.58 bits per heavy atom. The van der Waals surface area contributed by atoms with E-state index in [1.54, 1.807) is 11.3 Å². The Bertz CT molecular complexity index is 615. The predicted molar refractivity (Wildman–Crippen MR) is 75.1 cm³/mol. The van der Waals surface area contributed by atoms with Gasteiger partial charge < -0.3 is 10.4 Å². The summed E-state index contributed by atoms with van der Waals surface area (Å²) in [5.74, 6) is -0.615. The highest BCUT2D eigenvalue weighted by atomic mass is 35.5. The van der Waals surface area contributed by atoms with Crippen molar-refractivity contribution < 1.29 is 9.90 Å². The van der Waals surface area contributed by atoms with E-state index in [1.165, 1.54) is 12.3 Å². The number of nitrogens with one attached hydrogen (secondary N) is 1. The third-order valence-electron chi connectivity index (χ3n) is 2.46. The number of rotatable bonds is 4. The van der Waals surface area contributed by atoms with Crippen LogP contribution >= 0.6 is 22.9 Å². The van der Waals surface area contributed by atoms with Crippen molar-refractivity contribution in [3.63, 3.8) is 0 Å². The first kappa shape index (κ1) is 13.8. The van der Waals surface area contributed by atoms with Crippen molar-refractivity contribution >= 4 is 34.7 Å². The van der Waals surface area contributed by atoms with Gasteiger partial charge in [0.1, 0.15) is 10.8 Å². The average Bonchev–Trinajstić information content (AvgIpc) is 2.78. The zero-order chi connectivity index (χ0) is 14.0. The molecule has 19 heavy (non-hydrogen) atoms. The molecule has 2 aromatic heterocycles. The molecule has 0 aliphatic rings. The summed E-state index contributed by atoms with van der Waals surface area (Å²) in [6, 6.07) is 1.37. The summed E-state index contributed by atoms with van der Waals surface area (Å²) in [4.78, 5) is 19.4. The fourth-order valence-electron chi connectivity index (χ4n) is 1.54. The van der Waals surface area contributed by atoms with Gasteiger partial charge in [-0.25, -0.2) is 14.8 Å². The van der Waals surface area contributed by atoms with Crippen LogP contribution in [0.15, 0.2) is 17.6 Å². The fraction of sp³-hybridized carbons (Fsp3) is 0.250. The largest absolute Gasteiger partial charge is 0.478 e. The lowest BCUT2D eigenvalue weighted by Gasteiger charge is -2.12. The summed E-state index contributed by atoms with van der Waals surface area (Å²) in [5, 5.41) is 15.1. The quantitative estimate of drug-likeness (QED) is 0.905. The molecule has 2 heterocycles. The second kappa shape index (κ2) is 5.54. The Labute approximate surface area is 119 Å². The molecule has 1 unspecified atom stereocenters. The second-order valence-electron chi connectivity index (χ2n) is 4.05. The Morgan fingerprint density at radius 2 is 2.32 bits per heavy atom. The topological polar surface area (TPSA) is 75.1 Å². The van der Waals surface area contributed by atoms with Crippen molar-refractivity contribution in [3.8, 4) is 0 Å². The van der Waals surface area contributed by atoms with Gasteiger partial charge in [0.25, 0.3) is 0 Å². The van der Waals surface area contributed by atoms with Gasteiger partial charge in [-0.2, -0.15) is 0 Å². The van der Waals surface area contributed by atoms with Gasteiger partial charge in [0, 0.05) is 17.3 Å². The zero-order valence-electron chi connectivity index (χ0n) is 10.3. The monoisotopic (exact) mass is 297 g/mol. The summed E-state index contributed by atoms with van der Waals surface area (Å²) in [7, 11) is 0. The van der Waals surface area contributed by atoms with E-state index in [0.29, 0.717) is 5.82 Å². The first-order valence-electron chi connectivity index (χ1n) is 5.54. The van der Waals surface area contributed by atoms with E-state index in [1.807, 2.05) is 19.2 Å².